The molecule has 1 saturated heterocycles. The molecule has 0 saturated carbocycles. The molecule has 3 heterocycles. The molecule has 1 unspecified atom stereocenters. The first-order chi connectivity index (χ1) is 14.3. The van der Waals surface area contributed by atoms with Crippen molar-refractivity contribution in [2.45, 2.75) is 64.5 Å². The predicted octanol–water partition coefficient (Wildman–Crippen LogP) is 3.17. The van der Waals surface area contributed by atoms with Crippen LogP contribution in [0.25, 0.3) is 0 Å². The molecule has 2 aliphatic rings. The summed E-state index contributed by atoms with van der Waals surface area (Å²) in [7, 11) is 0. The van der Waals surface area contributed by atoms with Gasteiger partial charge < -0.3 is 9.64 Å². The Labute approximate surface area is 177 Å². The maximum atomic E-state index is 13.0. The molecule has 2 aliphatic heterocycles. The highest BCUT2D eigenvalue weighted by Crippen LogP contribution is 2.29. The van der Waals surface area contributed by atoms with E-state index < -0.39 is 0 Å². The zero-order valence-electron chi connectivity index (χ0n) is 18.1. The normalized spacial score (nSPS) is 19.8. The SMILES string of the molecule is CC(C)(C)c1ccc(=O)n(CC2CCN(C(=O)C3CCc4ccccc4O3)CC2)n1. The number of carbonyl (C=O) groups is 1. The highest BCUT2D eigenvalue weighted by molar-refractivity contribution is 5.81. The highest BCUT2D eigenvalue weighted by Gasteiger charge is 2.32. The van der Waals surface area contributed by atoms with Gasteiger partial charge in [-0.15, -0.1) is 0 Å². The molecular formula is C24H31N3O3. The molecule has 2 aromatic rings. The first-order valence-corrected chi connectivity index (χ1v) is 10.9. The molecule has 160 valence electrons. The number of aromatic nitrogens is 2. The van der Waals surface area contributed by atoms with Crippen LogP contribution in [-0.2, 0) is 23.2 Å². The van der Waals surface area contributed by atoms with Crippen LogP contribution in [0.15, 0.2) is 41.2 Å². The lowest BCUT2D eigenvalue weighted by molar-refractivity contribution is -0.141. The summed E-state index contributed by atoms with van der Waals surface area (Å²) in [6.07, 6.45) is 2.98. The minimum atomic E-state index is -0.385. The molecule has 0 radical (unpaired) electrons. The van der Waals surface area contributed by atoms with Crippen molar-refractivity contribution in [1.82, 2.24) is 14.7 Å². The van der Waals surface area contributed by atoms with Crippen molar-refractivity contribution in [2.24, 2.45) is 5.92 Å². The van der Waals surface area contributed by atoms with Gasteiger partial charge in [0, 0.05) is 31.1 Å². The molecule has 0 aliphatic carbocycles. The number of hydrogen-bond donors (Lipinski definition) is 0. The Bertz CT molecular complexity index is 968. The van der Waals surface area contributed by atoms with Crippen LogP contribution >= 0.6 is 0 Å². The number of likely N-dealkylation sites (tertiary alicyclic amines) is 1. The number of rotatable bonds is 3. The summed E-state index contributed by atoms with van der Waals surface area (Å²) in [4.78, 5) is 27.2. The largest absolute Gasteiger partial charge is 0.480 e. The van der Waals surface area contributed by atoms with Crippen LogP contribution in [0.1, 0.15) is 51.3 Å². The fourth-order valence-corrected chi connectivity index (χ4v) is 4.26. The van der Waals surface area contributed by atoms with Gasteiger partial charge in [0.05, 0.1) is 5.69 Å². The molecule has 4 rings (SSSR count). The monoisotopic (exact) mass is 409 g/mol. The number of hydrogen-bond acceptors (Lipinski definition) is 4. The first-order valence-electron chi connectivity index (χ1n) is 10.9. The third kappa shape index (κ3) is 4.42. The molecule has 0 N–H and O–H groups in total. The van der Waals surface area contributed by atoms with Crippen LogP contribution in [-0.4, -0.2) is 39.8 Å². The topological polar surface area (TPSA) is 64.4 Å². The Morgan fingerprint density at radius 3 is 2.57 bits per heavy atom. The number of para-hydroxylation sites is 1. The lowest BCUT2D eigenvalue weighted by atomic mass is 9.92. The summed E-state index contributed by atoms with van der Waals surface area (Å²) in [6, 6.07) is 11.4. The third-order valence-electron chi connectivity index (χ3n) is 6.19. The van der Waals surface area contributed by atoms with E-state index in [0.29, 0.717) is 25.6 Å². The van der Waals surface area contributed by atoms with Gasteiger partial charge in [0.25, 0.3) is 11.5 Å². The van der Waals surface area contributed by atoms with Crippen LogP contribution in [0, 0.1) is 5.92 Å². The quantitative estimate of drug-likeness (QED) is 0.781. The van der Waals surface area contributed by atoms with Gasteiger partial charge in [-0.05, 0) is 49.3 Å². The second-order valence-corrected chi connectivity index (χ2v) is 9.51. The Morgan fingerprint density at radius 2 is 1.83 bits per heavy atom. The molecule has 1 aromatic heterocycles. The predicted molar refractivity (Wildman–Crippen MR) is 116 cm³/mol. The van der Waals surface area contributed by atoms with Crippen molar-refractivity contribution < 1.29 is 9.53 Å². The Morgan fingerprint density at radius 1 is 1.10 bits per heavy atom. The van der Waals surface area contributed by atoms with E-state index >= 15 is 0 Å². The minimum absolute atomic E-state index is 0.0595. The number of nitrogens with zero attached hydrogens (tertiary/aromatic N) is 3. The van der Waals surface area contributed by atoms with E-state index in [1.54, 1.807) is 10.7 Å². The zero-order chi connectivity index (χ0) is 21.3. The summed E-state index contributed by atoms with van der Waals surface area (Å²) in [6.45, 7) is 8.31. The van der Waals surface area contributed by atoms with Crippen LogP contribution in [0.2, 0.25) is 0 Å². The van der Waals surface area contributed by atoms with Gasteiger partial charge in [-0.1, -0.05) is 39.0 Å². The van der Waals surface area contributed by atoms with Crippen molar-refractivity contribution in [2.75, 3.05) is 13.1 Å². The number of ether oxygens (including phenoxy) is 1. The van der Waals surface area contributed by atoms with E-state index in [1.165, 1.54) is 5.56 Å². The number of fused-ring (bicyclic) bond motifs is 1. The fraction of sp³-hybridized carbons (Fsp3) is 0.542. The van der Waals surface area contributed by atoms with Gasteiger partial charge in [-0.3, -0.25) is 9.59 Å². The molecule has 1 amide bonds. The van der Waals surface area contributed by atoms with Crippen LogP contribution < -0.4 is 10.3 Å². The Hall–Kier alpha value is -2.63. The Kier molecular flexibility index (Phi) is 5.67. The molecule has 1 fully saturated rings. The maximum absolute atomic E-state index is 13.0. The average molecular weight is 410 g/mol. The van der Waals surface area contributed by atoms with E-state index in [9.17, 15) is 9.59 Å². The standard InChI is InChI=1S/C24H31N3O3/c1-24(2,3)21-10-11-22(28)27(25-21)16-17-12-14-26(15-13-17)23(29)20-9-8-18-6-4-5-7-19(18)30-20/h4-7,10-11,17,20H,8-9,12-16H2,1-3H3. The maximum Gasteiger partial charge on any atom is 0.266 e. The summed E-state index contributed by atoms with van der Waals surface area (Å²) in [5.41, 5.74) is 1.94. The lowest BCUT2D eigenvalue weighted by Gasteiger charge is -2.35. The molecule has 6 nitrogen and oxygen atoms in total. The van der Waals surface area contributed by atoms with E-state index in [-0.39, 0.29) is 23.0 Å². The second-order valence-electron chi connectivity index (χ2n) is 9.51. The molecule has 1 atom stereocenters. The molecule has 0 spiro atoms. The Balaban J connectivity index is 1.34. The van der Waals surface area contributed by atoms with Gasteiger partial charge >= 0.3 is 0 Å². The van der Waals surface area contributed by atoms with Gasteiger partial charge in [0.15, 0.2) is 6.10 Å². The van der Waals surface area contributed by atoms with Crippen LogP contribution in [0.5, 0.6) is 5.75 Å². The van der Waals surface area contributed by atoms with Crippen LogP contribution in [0.4, 0.5) is 0 Å². The molecule has 30 heavy (non-hydrogen) atoms. The van der Waals surface area contributed by atoms with E-state index in [2.05, 4.69) is 31.9 Å². The minimum Gasteiger partial charge on any atom is -0.480 e. The van der Waals surface area contributed by atoms with Gasteiger partial charge in [0.2, 0.25) is 0 Å². The molecular weight excluding hydrogens is 378 g/mol. The zero-order valence-corrected chi connectivity index (χ0v) is 18.1. The van der Waals surface area contributed by atoms with Gasteiger partial charge in [-0.25, -0.2) is 4.68 Å². The summed E-state index contributed by atoms with van der Waals surface area (Å²) >= 11 is 0. The van der Waals surface area contributed by atoms with Crippen LogP contribution in [0.3, 0.4) is 0 Å². The van der Waals surface area contributed by atoms with Crippen molar-refractivity contribution in [1.29, 1.82) is 0 Å². The van der Waals surface area contributed by atoms with E-state index in [1.807, 2.05) is 29.2 Å². The third-order valence-corrected chi connectivity index (χ3v) is 6.19. The number of benzene rings is 1. The fourth-order valence-electron chi connectivity index (χ4n) is 4.26. The average Bonchev–Trinajstić information content (AvgIpc) is 2.74. The first kappa shape index (κ1) is 20.6. The molecule has 6 heteroatoms. The lowest BCUT2D eigenvalue weighted by Crippen LogP contribution is -2.47. The number of amides is 1. The van der Waals surface area contributed by atoms with Crippen molar-refractivity contribution >= 4 is 5.91 Å². The molecule has 0 bridgehead atoms. The number of carbonyl (C=O) groups excluding carboxylic acids is 1. The summed E-state index contributed by atoms with van der Waals surface area (Å²) in [5.74, 6) is 1.27. The van der Waals surface area contributed by atoms with Crippen molar-refractivity contribution in [3.05, 3.63) is 58.0 Å². The summed E-state index contributed by atoms with van der Waals surface area (Å²) in [5, 5.41) is 4.59. The van der Waals surface area contributed by atoms with E-state index in [0.717, 1.165) is 37.1 Å². The highest BCUT2D eigenvalue weighted by atomic mass is 16.5. The van der Waals surface area contributed by atoms with Crippen molar-refractivity contribution in [3.8, 4) is 5.75 Å². The molecule has 1 aromatic carbocycles. The smallest absolute Gasteiger partial charge is 0.266 e. The number of aryl methyl sites for hydroxylation is 1. The van der Waals surface area contributed by atoms with Gasteiger partial charge in [-0.2, -0.15) is 5.10 Å². The summed E-state index contributed by atoms with van der Waals surface area (Å²) < 4.78 is 7.58. The second kappa shape index (κ2) is 8.25. The van der Waals surface area contributed by atoms with Gasteiger partial charge in [0.1, 0.15) is 5.75 Å². The number of piperidine rings is 1. The van der Waals surface area contributed by atoms with E-state index in [4.69, 9.17) is 4.74 Å². The van der Waals surface area contributed by atoms with Crippen molar-refractivity contribution in [3.63, 3.8) is 0 Å².